The Balaban J connectivity index is 1.44. The highest BCUT2D eigenvalue weighted by molar-refractivity contribution is 5.84. The van der Waals surface area contributed by atoms with Crippen molar-refractivity contribution >= 4 is 10.9 Å². The number of halogens is 1. The summed E-state index contributed by atoms with van der Waals surface area (Å²) in [4.78, 5) is 4.48. The maximum absolute atomic E-state index is 14.7. The van der Waals surface area contributed by atoms with Crippen molar-refractivity contribution in [1.29, 1.82) is 0 Å². The third-order valence-corrected chi connectivity index (χ3v) is 8.74. The Hall–Kier alpha value is -2.76. The van der Waals surface area contributed by atoms with Crippen molar-refractivity contribution in [3.63, 3.8) is 0 Å². The van der Waals surface area contributed by atoms with Gasteiger partial charge in [-0.15, -0.1) is 6.58 Å². The van der Waals surface area contributed by atoms with Crippen molar-refractivity contribution in [2.75, 3.05) is 13.7 Å². The summed E-state index contributed by atoms with van der Waals surface area (Å²) in [6.07, 6.45) is 5.25. The molecule has 1 N–H and O–H groups in total. The highest BCUT2D eigenvalue weighted by atomic mass is 19.1. The Morgan fingerprint density at radius 3 is 2.88 bits per heavy atom. The zero-order valence-electron chi connectivity index (χ0n) is 18.2. The fraction of sp³-hybridized carbons (Fsp3) is 0.370. The van der Waals surface area contributed by atoms with Gasteiger partial charge in [0.1, 0.15) is 35.8 Å². The van der Waals surface area contributed by atoms with Gasteiger partial charge in [-0.05, 0) is 35.9 Å². The highest BCUT2D eigenvalue weighted by Gasteiger charge is 2.86. The fourth-order valence-electron chi connectivity index (χ4n) is 7.24. The first-order valence-electron chi connectivity index (χ1n) is 11.4. The predicted octanol–water partition coefficient (Wildman–Crippen LogP) is 4.78. The monoisotopic (exact) mass is 431 g/mol. The van der Waals surface area contributed by atoms with Crippen LogP contribution in [0.25, 0.3) is 10.9 Å². The van der Waals surface area contributed by atoms with Gasteiger partial charge in [-0.3, -0.25) is 4.98 Å². The van der Waals surface area contributed by atoms with Gasteiger partial charge in [0.2, 0.25) is 0 Å². The zero-order valence-corrected chi connectivity index (χ0v) is 18.2. The molecule has 6 rings (SSSR count). The molecule has 3 aromatic rings. The number of hydrogen-bond donors (Lipinski definition) is 1. The lowest BCUT2D eigenvalue weighted by Gasteiger charge is -2.57. The molecule has 32 heavy (non-hydrogen) atoms. The molecular formula is C27H28FN2O2+. The van der Waals surface area contributed by atoms with E-state index < -0.39 is 6.10 Å². The molecule has 3 aliphatic rings. The number of methoxy groups -OCH3 is 1. The Kier molecular flexibility index (Phi) is 4.27. The molecule has 0 radical (unpaired) electrons. The molecule has 6 atom stereocenters. The molecule has 164 valence electrons. The summed E-state index contributed by atoms with van der Waals surface area (Å²) in [5.74, 6) is 1.56. The minimum atomic E-state index is -0.658. The largest absolute Gasteiger partial charge is 0.497 e. The van der Waals surface area contributed by atoms with E-state index in [1.165, 1.54) is 0 Å². The number of quaternary nitrogens is 1. The minimum Gasteiger partial charge on any atom is -0.497 e. The zero-order chi connectivity index (χ0) is 22.1. The highest BCUT2D eigenvalue weighted by Crippen LogP contribution is 2.75. The molecule has 2 aliphatic heterocycles. The summed E-state index contributed by atoms with van der Waals surface area (Å²) in [6, 6.07) is 14.8. The Morgan fingerprint density at radius 1 is 1.31 bits per heavy atom. The number of benzene rings is 2. The van der Waals surface area contributed by atoms with E-state index in [0.29, 0.717) is 18.4 Å². The van der Waals surface area contributed by atoms with Crippen LogP contribution >= 0.6 is 0 Å². The van der Waals surface area contributed by atoms with E-state index in [1.54, 1.807) is 25.4 Å². The summed E-state index contributed by atoms with van der Waals surface area (Å²) in [5.41, 5.74) is 2.56. The molecule has 1 aliphatic carbocycles. The van der Waals surface area contributed by atoms with E-state index in [9.17, 15) is 9.50 Å². The van der Waals surface area contributed by atoms with Crippen LogP contribution in [0.1, 0.15) is 30.1 Å². The molecule has 2 saturated heterocycles. The first-order valence-corrected chi connectivity index (χ1v) is 11.4. The molecule has 3 fully saturated rings. The number of nitrogens with zero attached hydrogens (tertiary/aromatic N) is 2. The van der Waals surface area contributed by atoms with Crippen LogP contribution in [0.5, 0.6) is 5.75 Å². The topological polar surface area (TPSA) is 42.4 Å². The summed E-state index contributed by atoms with van der Waals surface area (Å²) in [6.45, 7) is 5.67. The summed E-state index contributed by atoms with van der Waals surface area (Å²) >= 11 is 0. The lowest BCUT2D eigenvalue weighted by atomic mass is 9.86. The number of pyridine rings is 1. The molecule has 3 heterocycles. The van der Waals surface area contributed by atoms with Gasteiger partial charge in [0, 0.05) is 35.4 Å². The van der Waals surface area contributed by atoms with Crippen LogP contribution in [0, 0.1) is 17.7 Å². The Morgan fingerprint density at radius 2 is 2.16 bits per heavy atom. The number of aromatic nitrogens is 1. The average molecular weight is 432 g/mol. The van der Waals surface area contributed by atoms with Crippen molar-refractivity contribution in [3.8, 4) is 5.75 Å². The molecule has 0 amide bonds. The van der Waals surface area contributed by atoms with Crippen molar-refractivity contribution in [1.82, 2.24) is 4.98 Å². The summed E-state index contributed by atoms with van der Waals surface area (Å²) in [5, 5.41) is 12.7. The van der Waals surface area contributed by atoms with Crippen LogP contribution < -0.4 is 4.74 Å². The van der Waals surface area contributed by atoms with Crippen LogP contribution in [-0.2, 0) is 6.54 Å². The van der Waals surface area contributed by atoms with Gasteiger partial charge in [-0.1, -0.05) is 24.3 Å². The SMILES string of the molecule is C=CC1C2CC(C(O)c3ccnc4ccc(OC)cc34)[N+]3(Cc4ccccc4F)CCC123. The van der Waals surface area contributed by atoms with E-state index in [4.69, 9.17) is 4.74 Å². The van der Waals surface area contributed by atoms with Crippen molar-refractivity contribution in [3.05, 3.63) is 84.3 Å². The van der Waals surface area contributed by atoms with E-state index in [0.717, 1.165) is 51.6 Å². The predicted molar refractivity (Wildman–Crippen MR) is 121 cm³/mol. The first kappa shape index (κ1) is 19.9. The van der Waals surface area contributed by atoms with Gasteiger partial charge in [-0.25, -0.2) is 4.39 Å². The van der Waals surface area contributed by atoms with Crippen LogP contribution in [0.3, 0.4) is 0 Å². The standard InChI is InChI=1S/C27H28FN2O2/c1-3-21-22-15-25(26(31)19-10-12-29-24-9-8-18(32-2)14-20(19)24)30(13-11-27(21,22)30)16-17-6-4-5-7-23(17)28/h3-10,12,14,21-22,25-26,31H,1,11,13,15-16H2,2H3/q+1. The van der Waals surface area contributed by atoms with E-state index in [2.05, 4.69) is 17.6 Å². The van der Waals surface area contributed by atoms with Crippen LogP contribution in [0.15, 0.2) is 67.4 Å². The number of fused-ring (bicyclic) bond motifs is 1. The fourth-order valence-corrected chi connectivity index (χ4v) is 7.24. The van der Waals surface area contributed by atoms with E-state index in [-0.39, 0.29) is 17.4 Å². The summed E-state index contributed by atoms with van der Waals surface area (Å²) in [7, 11) is 1.64. The van der Waals surface area contributed by atoms with Gasteiger partial charge in [0.25, 0.3) is 0 Å². The second-order valence-corrected chi connectivity index (χ2v) is 9.65. The molecule has 0 bridgehead atoms. The summed E-state index contributed by atoms with van der Waals surface area (Å²) < 4.78 is 20.9. The second-order valence-electron chi connectivity index (χ2n) is 9.65. The van der Waals surface area contributed by atoms with E-state index >= 15 is 0 Å². The molecule has 6 unspecified atom stereocenters. The van der Waals surface area contributed by atoms with Crippen LogP contribution in [0.2, 0.25) is 0 Å². The van der Waals surface area contributed by atoms with Crippen LogP contribution in [-0.4, -0.2) is 39.8 Å². The third kappa shape index (κ3) is 2.41. The van der Waals surface area contributed by atoms with Gasteiger partial charge < -0.3 is 14.3 Å². The lowest BCUT2D eigenvalue weighted by Crippen LogP contribution is -2.70. The first-order chi connectivity index (χ1) is 15.6. The van der Waals surface area contributed by atoms with Crippen molar-refractivity contribution in [2.45, 2.75) is 37.1 Å². The molecule has 2 aromatic carbocycles. The lowest BCUT2D eigenvalue weighted by molar-refractivity contribution is -1.03. The molecular weight excluding hydrogens is 403 g/mol. The third-order valence-electron chi connectivity index (χ3n) is 8.74. The number of aliphatic hydroxyl groups is 1. The van der Waals surface area contributed by atoms with Gasteiger partial charge in [0.05, 0.1) is 25.6 Å². The smallest absolute Gasteiger partial charge is 0.132 e. The van der Waals surface area contributed by atoms with Crippen molar-refractivity contribution in [2.24, 2.45) is 11.8 Å². The quantitative estimate of drug-likeness (QED) is 0.451. The molecule has 5 heteroatoms. The van der Waals surface area contributed by atoms with Gasteiger partial charge in [0.15, 0.2) is 0 Å². The second kappa shape index (κ2) is 6.87. The molecule has 1 spiro atoms. The van der Waals surface area contributed by atoms with Gasteiger partial charge in [-0.2, -0.15) is 0 Å². The Bertz CT molecular complexity index is 1230. The number of ether oxygens (including phenoxy) is 1. The number of aliphatic hydroxyl groups excluding tert-OH is 1. The van der Waals surface area contributed by atoms with Gasteiger partial charge >= 0.3 is 0 Å². The van der Waals surface area contributed by atoms with Crippen molar-refractivity contribution < 1.29 is 18.7 Å². The number of piperidine rings is 1. The maximum atomic E-state index is 14.7. The normalized spacial score (nSPS) is 33.2. The number of hydrogen-bond acceptors (Lipinski definition) is 3. The maximum Gasteiger partial charge on any atom is 0.132 e. The Labute approximate surface area is 187 Å². The molecule has 4 nitrogen and oxygen atoms in total. The molecule has 1 saturated carbocycles. The molecule has 1 aromatic heterocycles. The average Bonchev–Trinajstić information content (AvgIpc) is 3.45. The number of rotatable bonds is 6. The minimum absolute atomic E-state index is 0.0151. The van der Waals surface area contributed by atoms with Crippen LogP contribution in [0.4, 0.5) is 4.39 Å². The van der Waals surface area contributed by atoms with E-state index in [1.807, 2.05) is 36.4 Å².